The van der Waals surface area contributed by atoms with Crippen LogP contribution in [0.15, 0.2) is 59.9 Å². The van der Waals surface area contributed by atoms with Gasteiger partial charge < -0.3 is 14.8 Å². The zero-order chi connectivity index (χ0) is 30.3. The summed E-state index contributed by atoms with van der Waals surface area (Å²) < 4.78 is 36.4. The second kappa shape index (κ2) is 11.0. The van der Waals surface area contributed by atoms with Gasteiger partial charge in [0.15, 0.2) is 9.84 Å². The van der Waals surface area contributed by atoms with E-state index in [0.29, 0.717) is 17.3 Å². The van der Waals surface area contributed by atoms with Crippen molar-refractivity contribution < 1.29 is 22.7 Å². The lowest BCUT2D eigenvalue weighted by atomic mass is 9.87. The second-order valence-corrected chi connectivity index (χ2v) is 14.0. The van der Waals surface area contributed by atoms with Crippen molar-refractivity contribution in [2.75, 3.05) is 6.26 Å². The van der Waals surface area contributed by atoms with Crippen LogP contribution in [0.4, 0.5) is 0 Å². The first-order valence-electron chi connectivity index (χ1n) is 13.7. The minimum atomic E-state index is -3.51. The number of nitrogens with one attached hydrogen (secondary N) is 1. The molecule has 0 aliphatic carbocycles. The van der Waals surface area contributed by atoms with E-state index in [0.717, 1.165) is 41.3 Å². The van der Waals surface area contributed by atoms with Gasteiger partial charge in [0.2, 0.25) is 5.88 Å². The monoisotopic (exact) mass is 589 g/mol. The number of hydrogen-bond donors (Lipinski definition) is 1. The molecule has 1 fully saturated rings. The molecule has 11 heteroatoms. The van der Waals surface area contributed by atoms with E-state index < -0.39 is 15.7 Å². The van der Waals surface area contributed by atoms with Gasteiger partial charge in [-0.1, -0.05) is 0 Å². The van der Waals surface area contributed by atoms with Crippen molar-refractivity contribution in [2.45, 2.75) is 76.2 Å². The molecule has 10 nitrogen and oxygen atoms in total. The summed E-state index contributed by atoms with van der Waals surface area (Å²) in [4.78, 5) is 30.6. The van der Waals surface area contributed by atoms with Crippen LogP contribution in [-0.4, -0.2) is 57.8 Å². The fourth-order valence-electron chi connectivity index (χ4n) is 5.46. The molecule has 1 N–H and O–H groups in total. The van der Waals surface area contributed by atoms with E-state index >= 15 is 0 Å². The zero-order valence-corrected chi connectivity index (χ0v) is 25.4. The average Bonchev–Trinajstić information content (AvgIpc) is 2.89. The number of hydrogen-bond acceptors (Lipinski definition) is 9. The predicted octanol–water partition coefficient (Wildman–Crippen LogP) is 4.84. The van der Waals surface area contributed by atoms with Crippen LogP contribution in [-0.2, 0) is 21.1 Å². The molecule has 1 aliphatic rings. The number of aryl methyl sites for hydroxylation is 1. The number of rotatable bonds is 7. The molecule has 4 aromatic heterocycles. The Kier molecular flexibility index (Phi) is 7.76. The smallest absolute Gasteiger partial charge is 0.253 e. The Labute approximate surface area is 245 Å². The maximum Gasteiger partial charge on any atom is 0.253 e. The molecule has 1 aliphatic heterocycles. The van der Waals surface area contributed by atoms with E-state index in [1.807, 2.05) is 30.3 Å². The standard InChI is InChI=1S/C31H35N5O5S/c1-19-27(42(6,38)39)11-22(17-32-19)29(37)35-18-23-12-26-21(15-33-23)7-9-25(36-26)20-8-10-28(34-16-20)40-24-13-30(2,3)41-31(4,5)14-24/h7-12,15-17,24H,13-14,18H2,1-6H3,(H,35,37). The Morgan fingerprint density at radius 1 is 1.00 bits per heavy atom. The molecule has 0 saturated carbocycles. The molecule has 0 spiro atoms. The van der Waals surface area contributed by atoms with Crippen LogP contribution in [0.1, 0.15) is 62.3 Å². The van der Waals surface area contributed by atoms with Crippen molar-refractivity contribution in [2.24, 2.45) is 0 Å². The third-order valence-corrected chi connectivity index (χ3v) is 8.29. The van der Waals surface area contributed by atoms with Crippen molar-refractivity contribution >= 4 is 26.6 Å². The van der Waals surface area contributed by atoms with E-state index in [9.17, 15) is 13.2 Å². The van der Waals surface area contributed by atoms with Crippen molar-refractivity contribution in [1.82, 2.24) is 25.3 Å². The Bertz CT molecular complexity index is 1740. The Balaban J connectivity index is 1.28. The first kappa shape index (κ1) is 29.5. The fraction of sp³-hybridized carbons (Fsp3) is 0.387. The predicted molar refractivity (Wildman–Crippen MR) is 159 cm³/mol. The third kappa shape index (κ3) is 6.91. The van der Waals surface area contributed by atoms with Gasteiger partial charge in [0.05, 0.1) is 50.8 Å². The molecule has 1 amide bonds. The number of aromatic nitrogens is 4. The lowest BCUT2D eigenvalue weighted by Gasteiger charge is -2.44. The van der Waals surface area contributed by atoms with Gasteiger partial charge >= 0.3 is 0 Å². The van der Waals surface area contributed by atoms with Gasteiger partial charge in [-0.2, -0.15) is 0 Å². The molecule has 5 heterocycles. The van der Waals surface area contributed by atoms with Crippen LogP contribution < -0.4 is 10.1 Å². The molecule has 0 aromatic carbocycles. The van der Waals surface area contributed by atoms with Gasteiger partial charge in [0.25, 0.3) is 5.91 Å². The van der Waals surface area contributed by atoms with Crippen LogP contribution >= 0.6 is 0 Å². The topological polar surface area (TPSA) is 133 Å². The maximum absolute atomic E-state index is 12.7. The summed E-state index contributed by atoms with van der Waals surface area (Å²) in [7, 11) is -3.51. The highest BCUT2D eigenvalue weighted by Gasteiger charge is 2.40. The van der Waals surface area contributed by atoms with Gasteiger partial charge in [-0.05, 0) is 65.0 Å². The van der Waals surface area contributed by atoms with Gasteiger partial charge in [0.1, 0.15) is 6.10 Å². The van der Waals surface area contributed by atoms with E-state index in [4.69, 9.17) is 14.5 Å². The summed E-state index contributed by atoms with van der Waals surface area (Å²) in [6, 6.07) is 10.8. The molecular weight excluding hydrogens is 554 g/mol. The Morgan fingerprint density at radius 2 is 1.74 bits per heavy atom. The van der Waals surface area contributed by atoms with Gasteiger partial charge in [-0.25, -0.2) is 18.4 Å². The summed E-state index contributed by atoms with van der Waals surface area (Å²) >= 11 is 0. The number of fused-ring (bicyclic) bond motifs is 1. The normalized spacial score (nSPS) is 16.7. The second-order valence-electron chi connectivity index (χ2n) is 12.0. The minimum Gasteiger partial charge on any atom is -0.474 e. The lowest BCUT2D eigenvalue weighted by Crippen LogP contribution is -2.49. The number of ether oxygens (including phenoxy) is 2. The van der Waals surface area contributed by atoms with Crippen LogP contribution in [0.25, 0.3) is 22.2 Å². The fourth-order valence-corrected chi connectivity index (χ4v) is 6.39. The number of pyridine rings is 4. The molecule has 0 unspecified atom stereocenters. The molecule has 0 atom stereocenters. The summed E-state index contributed by atoms with van der Waals surface area (Å²) in [5.74, 6) is 0.116. The summed E-state index contributed by atoms with van der Waals surface area (Å²) in [6.45, 7) is 10.1. The molecule has 0 radical (unpaired) electrons. The first-order valence-corrected chi connectivity index (χ1v) is 15.6. The van der Waals surface area contributed by atoms with Crippen LogP contribution in [0, 0.1) is 6.92 Å². The van der Waals surface area contributed by atoms with Gasteiger partial charge in [-0.3, -0.25) is 14.8 Å². The van der Waals surface area contributed by atoms with E-state index in [1.54, 1.807) is 19.3 Å². The molecule has 1 saturated heterocycles. The molecule has 42 heavy (non-hydrogen) atoms. The number of sulfone groups is 1. The van der Waals surface area contributed by atoms with Crippen molar-refractivity contribution in [3.05, 3.63) is 71.9 Å². The highest BCUT2D eigenvalue weighted by molar-refractivity contribution is 7.90. The Morgan fingerprint density at radius 3 is 2.40 bits per heavy atom. The number of carbonyl (C=O) groups is 1. The quantitative estimate of drug-likeness (QED) is 0.321. The Hall–Kier alpha value is -3.96. The van der Waals surface area contributed by atoms with Crippen molar-refractivity contribution in [1.29, 1.82) is 0 Å². The molecular formula is C31H35N5O5S. The van der Waals surface area contributed by atoms with E-state index in [-0.39, 0.29) is 34.3 Å². The van der Waals surface area contributed by atoms with Crippen molar-refractivity contribution in [3.8, 4) is 17.1 Å². The largest absolute Gasteiger partial charge is 0.474 e. The maximum atomic E-state index is 12.7. The molecule has 5 rings (SSSR count). The number of carbonyl (C=O) groups excluding carboxylic acids is 1. The van der Waals surface area contributed by atoms with E-state index in [2.05, 4.69) is 48.0 Å². The zero-order valence-electron chi connectivity index (χ0n) is 24.6. The highest BCUT2D eigenvalue weighted by Crippen LogP contribution is 2.36. The molecule has 220 valence electrons. The lowest BCUT2D eigenvalue weighted by molar-refractivity contribution is -0.182. The van der Waals surface area contributed by atoms with E-state index in [1.165, 1.54) is 12.3 Å². The number of nitrogens with zero attached hydrogens (tertiary/aromatic N) is 4. The van der Waals surface area contributed by atoms with Crippen LogP contribution in [0.3, 0.4) is 0 Å². The van der Waals surface area contributed by atoms with Crippen LogP contribution in [0.2, 0.25) is 0 Å². The average molecular weight is 590 g/mol. The SMILES string of the molecule is Cc1ncc(C(=O)NCc2cc3nc(-c4ccc(OC5CC(C)(C)OC(C)(C)C5)nc4)ccc3cn2)cc1S(C)(=O)=O. The summed E-state index contributed by atoms with van der Waals surface area (Å²) in [5.41, 5.74) is 2.88. The number of amides is 1. The molecule has 0 bridgehead atoms. The molecule has 4 aromatic rings. The summed E-state index contributed by atoms with van der Waals surface area (Å²) in [6.07, 6.45) is 7.48. The minimum absolute atomic E-state index is 0.0105. The van der Waals surface area contributed by atoms with Gasteiger partial charge in [0, 0.05) is 54.7 Å². The highest BCUT2D eigenvalue weighted by atomic mass is 32.2. The summed E-state index contributed by atoms with van der Waals surface area (Å²) in [5, 5.41) is 3.63. The van der Waals surface area contributed by atoms with Crippen molar-refractivity contribution in [3.63, 3.8) is 0 Å². The third-order valence-electron chi connectivity index (χ3n) is 7.07. The first-order chi connectivity index (χ1) is 19.7. The van der Waals surface area contributed by atoms with Gasteiger partial charge in [-0.15, -0.1) is 0 Å². The van der Waals surface area contributed by atoms with Crippen LogP contribution in [0.5, 0.6) is 5.88 Å².